The first-order chi connectivity index (χ1) is 20.5. The highest BCUT2D eigenvalue weighted by molar-refractivity contribution is 9.10. The van der Waals surface area contributed by atoms with Crippen molar-refractivity contribution in [2.75, 3.05) is 31.6 Å². The van der Waals surface area contributed by atoms with E-state index in [0.29, 0.717) is 56.6 Å². The monoisotopic (exact) mass is 656 g/mol. The molecule has 42 heavy (non-hydrogen) atoms. The lowest BCUT2D eigenvalue weighted by Gasteiger charge is -2.25. The van der Waals surface area contributed by atoms with Crippen LogP contribution in [0, 0.1) is 0 Å². The highest BCUT2D eigenvalue weighted by Gasteiger charge is 2.28. The summed E-state index contributed by atoms with van der Waals surface area (Å²) in [6.45, 7) is 0.887. The van der Waals surface area contributed by atoms with Crippen LogP contribution in [0.5, 0.6) is 23.0 Å². The second-order valence-corrected chi connectivity index (χ2v) is 10.8. The molecule has 2 heterocycles. The zero-order valence-electron chi connectivity index (χ0n) is 22.9. The number of anilines is 2. The highest BCUT2D eigenvalue weighted by atomic mass is 79.9. The molecule has 0 atom stereocenters. The number of nitrogens with one attached hydrogen (secondary N) is 1. The summed E-state index contributed by atoms with van der Waals surface area (Å²) >= 11 is 9.48. The van der Waals surface area contributed by atoms with E-state index in [-0.39, 0.29) is 25.7 Å². The number of aromatic hydroxyl groups is 1. The molecule has 0 saturated heterocycles. The molecule has 3 aromatic carbocycles. The molecule has 0 aliphatic carbocycles. The van der Waals surface area contributed by atoms with Crippen LogP contribution < -0.4 is 19.5 Å². The van der Waals surface area contributed by atoms with E-state index in [9.17, 15) is 9.90 Å². The first kappa shape index (κ1) is 29.5. The van der Waals surface area contributed by atoms with Crippen LogP contribution in [-0.4, -0.2) is 52.4 Å². The second-order valence-electron chi connectivity index (χ2n) is 9.56. The number of phenolic OH excluding ortho intramolecular Hbond substituents is 1. The maximum Gasteiger partial charge on any atom is 0.410 e. The number of fused-ring (bicyclic) bond motifs is 2. The predicted octanol–water partition coefficient (Wildman–Crippen LogP) is 7.13. The molecule has 12 heteroatoms. The van der Waals surface area contributed by atoms with Crippen LogP contribution in [0.2, 0.25) is 0 Å². The van der Waals surface area contributed by atoms with Crippen LogP contribution in [0.25, 0.3) is 10.9 Å². The average molecular weight is 658 g/mol. The van der Waals surface area contributed by atoms with Gasteiger partial charge < -0.3 is 34.3 Å². The zero-order chi connectivity index (χ0) is 29.5. The molecule has 1 aliphatic heterocycles. The molecule has 1 amide bonds. The summed E-state index contributed by atoms with van der Waals surface area (Å²) in [7, 11) is 1.47. The lowest BCUT2D eigenvalue weighted by atomic mass is 10.1. The Hall–Kier alpha value is -3.96. The fraction of sp³-hybridized carbons (Fsp3) is 0.300. The van der Waals surface area contributed by atoms with Gasteiger partial charge in [-0.1, -0.05) is 36.8 Å². The third-order valence-electron chi connectivity index (χ3n) is 6.74. The van der Waals surface area contributed by atoms with Gasteiger partial charge in [-0.25, -0.2) is 14.8 Å². The number of unbranched alkanes of at least 4 members (excludes halogenated alkanes) is 2. The van der Waals surface area contributed by atoms with Gasteiger partial charge >= 0.3 is 6.09 Å². The predicted molar refractivity (Wildman–Crippen MR) is 163 cm³/mol. The summed E-state index contributed by atoms with van der Waals surface area (Å²) in [4.78, 5) is 23.8. The average Bonchev–Trinajstić information content (AvgIpc) is 3.50. The molecular formula is C30H30BrClN4O6. The quantitative estimate of drug-likeness (QED) is 0.121. The van der Waals surface area contributed by atoms with Crippen molar-refractivity contribution in [2.24, 2.45) is 0 Å². The van der Waals surface area contributed by atoms with E-state index < -0.39 is 6.09 Å². The van der Waals surface area contributed by atoms with Crippen LogP contribution in [0.1, 0.15) is 30.4 Å². The molecule has 220 valence electrons. The molecule has 4 aromatic rings. The Morgan fingerprint density at radius 3 is 2.71 bits per heavy atom. The minimum Gasteiger partial charge on any atom is -0.504 e. The molecule has 0 unspecified atom stereocenters. The Balaban J connectivity index is 1.48. The van der Waals surface area contributed by atoms with Crippen LogP contribution in [0.4, 0.5) is 16.3 Å². The normalized spacial score (nSPS) is 11.9. The number of alkyl halides is 1. The largest absolute Gasteiger partial charge is 0.504 e. The van der Waals surface area contributed by atoms with Crippen molar-refractivity contribution in [3.05, 3.63) is 70.5 Å². The van der Waals surface area contributed by atoms with Gasteiger partial charge in [0.25, 0.3) is 0 Å². The van der Waals surface area contributed by atoms with E-state index in [2.05, 4.69) is 31.2 Å². The third-order valence-corrected chi connectivity index (χ3v) is 7.60. The van der Waals surface area contributed by atoms with Crippen molar-refractivity contribution < 1.29 is 28.8 Å². The van der Waals surface area contributed by atoms with Gasteiger partial charge in [0, 0.05) is 29.4 Å². The number of phenols is 1. The zero-order valence-corrected chi connectivity index (χ0v) is 25.3. The standard InChI is InChI=1S/C30H30BrClN4O6/c1-39-25-14-23-21(13-24(25)37)29(34-17-33-23)35-26-20(12-22(31)27-28(26)42-18-41-27)15-36(11-7-3-6-10-32)30(38)40-16-19-8-4-2-5-9-19/h2,4-5,8-9,12-14,17,37H,3,6-7,10-11,15-16,18H2,1H3,(H,33,34,35). The lowest BCUT2D eigenvalue weighted by molar-refractivity contribution is 0.0930. The molecular weight excluding hydrogens is 628 g/mol. The Morgan fingerprint density at radius 2 is 1.93 bits per heavy atom. The number of ether oxygens (including phenoxy) is 4. The molecule has 2 N–H and O–H groups in total. The third kappa shape index (κ3) is 6.74. The lowest BCUT2D eigenvalue weighted by Crippen LogP contribution is -2.32. The Bertz CT molecular complexity index is 1560. The first-order valence-electron chi connectivity index (χ1n) is 13.4. The fourth-order valence-electron chi connectivity index (χ4n) is 4.62. The van der Waals surface area contributed by atoms with Crippen LogP contribution in [0.3, 0.4) is 0 Å². The van der Waals surface area contributed by atoms with E-state index >= 15 is 0 Å². The molecule has 0 saturated carbocycles. The first-order valence-corrected chi connectivity index (χ1v) is 14.7. The summed E-state index contributed by atoms with van der Waals surface area (Å²) in [5.74, 6) is 2.25. The van der Waals surface area contributed by atoms with Crippen molar-refractivity contribution in [3.8, 4) is 23.0 Å². The fourth-order valence-corrected chi connectivity index (χ4v) is 5.38. The SMILES string of the molecule is COc1cc2ncnc(Nc3c(CN(CCCCCCl)C(=O)OCc4ccccc4)cc(Br)c4c3OCO4)c2cc1O. The van der Waals surface area contributed by atoms with Crippen LogP contribution in [0.15, 0.2) is 59.3 Å². The van der Waals surface area contributed by atoms with Gasteiger partial charge in [0.1, 0.15) is 18.8 Å². The van der Waals surface area contributed by atoms with E-state index in [1.807, 2.05) is 36.4 Å². The van der Waals surface area contributed by atoms with Crippen molar-refractivity contribution in [1.29, 1.82) is 0 Å². The molecule has 0 spiro atoms. The molecule has 0 radical (unpaired) electrons. The smallest absolute Gasteiger partial charge is 0.410 e. The van der Waals surface area contributed by atoms with Crippen LogP contribution >= 0.6 is 27.5 Å². The number of benzene rings is 3. The molecule has 0 fully saturated rings. The topological polar surface area (TPSA) is 115 Å². The molecule has 1 aromatic heterocycles. The van der Waals surface area contributed by atoms with Gasteiger partial charge in [-0.15, -0.1) is 11.6 Å². The molecule has 10 nitrogen and oxygen atoms in total. The Kier molecular flexibility index (Phi) is 9.70. The summed E-state index contributed by atoms with van der Waals surface area (Å²) in [6.07, 6.45) is 3.48. The maximum absolute atomic E-state index is 13.4. The number of nitrogens with zero attached hydrogens (tertiary/aromatic N) is 3. The van der Waals surface area contributed by atoms with E-state index in [1.165, 1.54) is 19.5 Å². The van der Waals surface area contributed by atoms with E-state index in [4.69, 9.17) is 30.5 Å². The Labute approximate surface area is 256 Å². The van der Waals surface area contributed by atoms with Gasteiger partial charge in [0.2, 0.25) is 6.79 Å². The number of hydrogen-bond acceptors (Lipinski definition) is 9. The van der Waals surface area contributed by atoms with Gasteiger partial charge in [-0.2, -0.15) is 0 Å². The summed E-state index contributed by atoms with van der Waals surface area (Å²) in [6, 6.07) is 14.6. The number of amides is 1. The van der Waals surface area contributed by atoms with E-state index in [1.54, 1.807) is 11.0 Å². The molecule has 1 aliphatic rings. The van der Waals surface area contributed by atoms with Crippen LogP contribution in [-0.2, 0) is 17.9 Å². The minimum absolute atomic E-state index is 0.0375. The number of halogens is 2. The maximum atomic E-state index is 13.4. The molecule has 5 rings (SSSR count). The number of methoxy groups -OCH3 is 1. The van der Waals surface area contributed by atoms with Crippen molar-refractivity contribution >= 4 is 56.0 Å². The van der Waals surface area contributed by atoms with Gasteiger partial charge in [-0.3, -0.25) is 0 Å². The number of aromatic nitrogens is 2. The van der Waals surface area contributed by atoms with Gasteiger partial charge in [0.05, 0.1) is 29.3 Å². The summed E-state index contributed by atoms with van der Waals surface area (Å²) < 4.78 is 23.2. The second kappa shape index (κ2) is 13.8. The van der Waals surface area contributed by atoms with Crippen molar-refractivity contribution in [2.45, 2.75) is 32.4 Å². The number of carbonyl (C=O) groups is 1. The van der Waals surface area contributed by atoms with Crippen molar-refractivity contribution in [1.82, 2.24) is 14.9 Å². The highest BCUT2D eigenvalue weighted by Crippen LogP contribution is 2.48. The van der Waals surface area contributed by atoms with E-state index in [0.717, 1.165) is 30.4 Å². The molecule has 0 bridgehead atoms. The number of rotatable bonds is 12. The van der Waals surface area contributed by atoms with Gasteiger partial charge in [0.15, 0.2) is 23.0 Å². The summed E-state index contributed by atoms with van der Waals surface area (Å²) in [5, 5.41) is 14.4. The number of hydrogen-bond donors (Lipinski definition) is 2. The van der Waals surface area contributed by atoms with Gasteiger partial charge in [-0.05, 0) is 46.5 Å². The minimum atomic E-state index is -0.436. The summed E-state index contributed by atoms with van der Waals surface area (Å²) in [5.41, 5.74) is 2.78. The number of carbonyl (C=O) groups excluding carboxylic acids is 1. The van der Waals surface area contributed by atoms with Crippen molar-refractivity contribution in [3.63, 3.8) is 0 Å². The Morgan fingerprint density at radius 1 is 1.12 bits per heavy atom.